The van der Waals surface area contributed by atoms with E-state index in [9.17, 15) is 26.3 Å². The van der Waals surface area contributed by atoms with Gasteiger partial charge in [-0.2, -0.15) is 17.6 Å². The third-order valence-electron chi connectivity index (χ3n) is 2.50. The molecule has 6 nitrogen and oxygen atoms in total. The van der Waals surface area contributed by atoms with Gasteiger partial charge in [0.2, 0.25) is 0 Å². The molecule has 2 heterocycles. The number of allylic oxidation sites excluding steroid dienone is 2. The molecule has 0 radical (unpaired) electrons. The van der Waals surface area contributed by atoms with E-state index in [0.717, 1.165) is 23.5 Å². The standard InChI is InChI=1S/C12H8F6N4O2S2/c13-5(7(15)16)1-3-25-11-21-19-9(23-11)10-20-22-12(24-10)26-4-2-6(14)8(17)18/h1-4H2. The summed E-state index contributed by atoms with van der Waals surface area (Å²) in [6.45, 7) is 0. The van der Waals surface area contributed by atoms with Gasteiger partial charge in [0.25, 0.3) is 10.4 Å². The highest BCUT2D eigenvalue weighted by molar-refractivity contribution is 7.99. The first kappa shape index (κ1) is 20.4. The lowest BCUT2D eigenvalue weighted by Gasteiger charge is -1.94. The van der Waals surface area contributed by atoms with Crippen LogP contribution in [0.5, 0.6) is 0 Å². The number of hydrogen-bond acceptors (Lipinski definition) is 8. The Kier molecular flexibility index (Phi) is 7.56. The lowest BCUT2D eigenvalue weighted by atomic mass is 10.4. The van der Waals surface area contributed by atoms with Crippen LogP contribution < -0.4 is 0 Å². The van der Waals surface area contributed by atoms with E-state index in [1.165, 1.54) is 0 Å². The van der Waals surface area contributed by atoms with Crippen LogP contribution in [0.3, 0.4) is 0 Å². The fraction of sp³-hybridized carbons (Fsp3) is 0.333. The van der Waals surface area contributed by atoms with E-state index in [4.69, 9.17) is 8.83 Å². The van der Waals surface area contributed by atoms with Gasteiger partial charge in [0, 0.05) is 24.3 Å². The van der Waals surface area contributed by atoms with Crippen LogP contribution in [-0.2, 0) is 0 Å². The minimum absolute atomic E-state index is 0.0231. The Labute approximate surface area is 150 Å². The van der Waals surface area contributed by atoms with Crippen molar-refractivity contribution in [2.24, 2.45) is 0 Å². The van der Waals surface area contributed by atoms with E-state index in [-0.39, 0.29) is 33.7 Å². The second-order valence-electron chi connectivity index (χ2n) is 4.27. The number of halogens is 6. The summed E-state index contributed by atoms with van der Waals surface area (Å²) < 4.78 is 83.2. The summed E-state index contributed by atoms with van der Waals surface area (Å²) in [4.78, 5) is 0. The Morgan fingerprint density at radius 3 is 1.38 bits per heavy atom. The first-order chi connectivity index (χ1) is 12.4. The molecule has 0 saturated heterocycles. The van der Waals surface area contributed by atoms with E-state index < -0.39 is 36.7 Å². The number of aromatic nitrogens is 4. The average Bonchev–Trinajstić information content (AvgIpc) is 3.23. The van der Waals surface area contributed by atoms with Gasteiger partial charge in [-0.3, -0.25) is 0 Å². The summed E-state index contributed by atoms with van der Waals surface area (Å²) in [5, 5.41) is 14.3. The zero-order valence-electron chi connectivity index (χ0n) is 12.5. The van der Waals surface area contributed by atoms with Gasteiger partial charge in [-0.1, -0.05) is 23.5 Å². The Morgan fingerprint density at radius 1 is 0.654 bits per heavy atom. The van der Waals surface area contributed by atoms with E-state index in [0.29, 0.717) is 0 Å². The maximum atomic E-state index is 12.6. The Bertz CT molecular complexity index is 735. The zero-order valence-corrected chi connectivity index (χ0v) is 14.2. The molecule has 2 aromatic rings. The molecule has 0 bridgehead atoms. The molecule has 0 atom stereocenters. The normalized spacial score (nSPS) is 10.8. The Hall–Kier alpha value is -1.96. The summed E-state index contributed by atoms with van der Waals surface area (Å²) in [6, 6.07) is 0. The molecule has 0 aliphatic carbocycles. The fourth-order valence-corrected chi connectivity index (χ4v) is 2.74. The summed E-state index contributed by atoms with van der Waals surface area (Å²) in [5.74, 6) is -3.48. The van der Waals surface area contributed by atoms with E-state index >= 15 is 0 Å². The van der Waals surface area contributed by atoms with Gasteiger partial charge in [-0.15, -0.1) is 20.4 Å². The zero-order chi connectivity index (χ0) is 19.1. The van der Waals surface area contributed by atoms with Crippen molar-refractivity contribution in [3.05, 3.63) is 23.8 Å². The quantitative estimate of drug-likeness (QED) is 0.404. The van der Waals surface area contributed by atoms with Crippen LogP contribution in [0.2, 0.25) is 0 Å². The third-order valence-corrected chi connectivity index (χ3v) is 4.14. The highest BCUT2D eigenvalue weighted by atomic mass is 32.2. The van der Waals surface area contributed by atoms with Gasteiger partial charge in [0.05, 0.1) is 0 Å². The maximum absolute atomic E-state index is 12.6. The third kappa shape index (κ3) is 6.09. The number of rotatable bonds is 9. The van der Waals surface area contributed by atoms with E-state index in [1.807, 2.05) is 0 Å². The van der Waals surface area contributed by atoms with Crippen molar-refractivity contribution >= 4 is 23.5 Å². The van der Waals surface area contributed by atoms with Crippen LogP contribution in [0.25, 0.3) is 11.8 Å². The van der Waals surface area contributed by atoms with Crippen molar-refractivity contribution in [1.82, 2.24) is 20.4 Å². The minimum atomic E-state index is -2.38. The Morgan fingerprint density at radius 2 is 1.04 bits per heavy atom. The number of hydrogen-bond donors (Lipinski definition) is 0. The van der Waals surface area contributed by atoms with Crippen molar-refractivity contribution in [3.63, 3.8) is 0 Å². The van der Waals surface area contributed by atoms with Crippen molar-refractivity contribution < 1.29 is 35.2 Å². The fourth-order valence-electron chi connectivity index (χ4n) is 1.35. The van der Waals surface area contributed by atoms with Crippen LogP contribution in [0.15, 0.2) is 43.1 Å². The molecule has 0 fully saturated rings. The monoisotopic (exact) mass is 418 g/mol. The van der Waals surface area contributed by atoms with Gasteiger partial charge >= 0.3 is 23.9 Å². The van der Waals surface area contributed by atoms with Gasteiger partial charge < -0.3 is 8.83 Å². The molecule has 0 aliphatic heterocycles. The van der Waals surface area contributed by atoms with E-state index in [2.05, 4.69) is 20.4 Å². The first-order valence-electron chi connectivity index (χ1n) is 6.69. The highest BCUT2D eigenvalue weighted by Crippen LogP contribution is 2.27. The molecule has 0 aliphatic rings. The molecule has 0 saturated carbocycles. The number of nitrogens with zero attached hydrogens (tertiary/aromatic N) is 4. The molecule has 0 amide bonds. The minimum Gasteiger partial charge on any atom is -0.407 e. The highest BCUT2D eigenvalue weighted by Gasteiger charge is 2.17. The van der Waals surface area contributed by atoms with Gasteiger partial charge in [0.15, 0.2) is 11.7 Å². The molecular formula is C12H8F6N4O2S2. The first-order valence-corrected chi connectivity index (χ1v) is 8.66. The van der Waals surface area contributed by atoms with Gasteiger partial charge in [0.1, 0.15) is 0 Å². The molecule has 14 heteroatoms. The predicted molar refractivity (Wildman–Crippen MR) is 79.0 cm³/mol. The number of thioether (sulfide) groups is 2. The molecule has 2 aromatic heterocycles. The molecular weight excluding hydrogens is 410 g/mol. The van der Waals surface area contributed by atoms with Crippen molar-refractivity contribution in [1.29, 1.82) is 0 Å². The van der Waals surface area contributed by atoms with Crippen molar-refractivity contribution in [3.8, 4) is 11.8 Å². The maximum Gasteiger partial charge on any atom is 0.306 e. The summed E-state index contributed by atoms with van der Waals surface area (Å²) >= 11 is 1.70. The van der Waals surface area contributed by atoms with Crippen LogP contribution in [0.4, 0.5) is 26.3 Å². The lowest BCUT2D eigenvalue weighted by Crippen LogP contribution is -1.82. The molecule has 142 valence electrons. The SMILES string of the molecule is FC(F)=C(F)CCSc1nnc(-c2nnc(SCCC(F)=C(F)F)o2)o1. The molecule has 0 unspecified atom stereocenters. The lowest BCUT2D eigenvalue weighted by molar-refractivity contribution is 0.373. The van der Waals surface area contributed by atoms with Gasteiger partial charge in [-0.05, 0) is 0 Å². The van der Waals surface area contributed by atoms with Crippen LogP contribution in [0, 0.1) is 0 Å². The van der Waals surface area contributed by atoms with Crippen LogP contribution >= 0.6 is 23.5 Å². The average molecular weight is 418 g/mol. The molecule has 0 spiro atoms. The van der Waals surface area contributed by atoms with Crippen molar-refractivity contribution in [2.75, 3.05) is 11.5 Å². The largest absolute Gasteiger partial charge is 0.407 e. The van der Waals surface area contributed by atoms with Gasteiger partial charge in [-0.25, -0.2) is 8.78 Å². The molecule has 2 rings (SSSR count). The molecule has 0 aromatic carbocycles. The molecule has 26 heavy (non-hydrogen) atoms. The second kappa shape index (κ2) is 9.66. The van der Waals surface area contributed by atoms with E-state index in [1.54, 1.807) is 0 Å². The smallest absolute Gasteiger partial charge is 0.306 e. The van der Waals surface area contributed by atoms with Crippen LogP contribution in [-0.4, -0.2) is 31.9 Å². The second-order valence-corrected chi connectivity index (χ2v) is 6.37. The summed E-state index contributed by atoms with van der Waals surface area (Å²) in [7, 11) is 0. The topological polar surface area (TPSA) is 77.8 Å². The molecule has 0 N–H and O–H groups in total. The summed E-state index contributed by atoms with van der Waals surface area (Å²) in [5.41, 5.74) is 0. The Balaban J connectivity index is 1.86. The summed E-state index contributed by atoms with van der Waals surface area (Å²) in [6.07, 6.45) is -5.76. The van der Waals surface area contributed by atoms with Crippen molar-refractivity contribution in [2.45, 2.75) is 23.3 Å². The predicted octanol–water partition coefficient (Wildman–Crippen LogP) is 5.24. The van der Waals surface area contributed by atoms with Crippen LogP contribution in [0.1, 0.15) is 12.8 Å².